The van der Waals surface area contributed by atoms with Gasteiger partial charge in [0.1, 0.15) is 22.3 Å². The fraction of sp³-hybridized carbons (Fsp3) is 0.118. The first-order valence-corrected chi connectivity index (χ1v) is 14.0. The van der Waals surface area contributed by atoms with Crippen LogP contribution in [-0.2, 0) is 0 Å². The molecule has 0 aliphatic heterocycles. The third-order valence-electron chi connectivity index (χ3n) is 6.84. The summed E-state index contributed by atoms with van der Waals surface area (Å²) in [6.07, 6.45) is 0. The van der Waals surface area contributed by atoms with Crippen LogP contribution >= 0.6 is 15.9 Å². The van der Waals surface area contributed by atoms with Gasteiger partial charge in [-0.05, 0) is 60.7 Å². The lowest BCUT2D eigenvalue weighted by Crippen LogP contribution is -1.93. The normalized spacial score (nSPS) is 11.3. The highest BCUT2D eigenvalue weighted by molar-refractivity contribution is 9.10. The summed E-state index contributed by atoms with van der Waals surface area (Å²) >= 11 is 3.57. The SMILES string of the molecule is Brc1ccc2oc3cc4c(cc3c2c1)oc1ccc(-n2c3ccccc3c3ccccc32)cc14.CC.CC. The van der Waals surface area contributed by atoms with Crippen molar-refractivity contribution in [1.29, 1.82) is 0 Å². The zero-order valence-corrected chi connectivity index (χ0v) is 23.5. The molecule has 0 radical (unpaired) electrons. The largest absolute Gasteiger partial charge is 0.456 e. The number of para-hydroxylation sites is 2. The van der Waals surface area contributed by atoms with Crippen molar-refractivity contribution in [3.8, 4) is 5.69 Å². The van der Waals surface area contributed by atoms with E-state index in [1.165, 1.54) is 21.8 Å². The Morgan fingerprint density at radius 2 is 0.947 bits per heavy atom. The summed E-state index contributed by atoms with van der Waals surface area (Å²) < 4.78 is 15.8. The Labute approximate surface area is 229 Å². The molecular formula is C34H28BrNO2. The molecule has 0 aliphatic carbocycles. The number of halogens is 1. The first-order valence-electron chi connectivity index (χ1n) is 13.2. The molecule has 0 unspecified atom stereocenters. The molecule has 0 spiro atoms. The molecule has 0 fully saturated rings. The van der Waals surface area contributed by atoms with Crippen LogP contribution in [0.1, 0.15) is 27.7 Å². The van der Waals surface area contributed by atoms with Crippen LogP contribution < -0.4 is 0 Å². The van der Waals surface area contributed by atoms with Crippen molar-refractivity contribution in [2.45, 2.75) is 27.7 Å². The quantitative estimate of drug-likeness (QED) is 0.199. The molecule has 5 aromatic carbocycles. The second-order valence-electron chi connectivity index (χ2n) is 8.74. The zero-order valence-electron chi connectivity index (χ0n) is 21.9. The van der Waals surface area contributed by atoms with Crippen molar-refractivity contribution in [2.24, 2.45) is 0 Å². The molecule has 0 saturated heterocycles. The van der Waals surface area contributed by atoms with Crippen molar-refractivity contribution in [3.63, 3.8) is 0 Å². The molecule has 0 bridgehead atoms. The van der Waals surface area contributed by atoms with Gasteiger partial charge in [-0.25, -0.2) is 0 Å². The standard InChI is InChI=1S/C30H16BrNO2.2C2H6/c31-17-9-11-27-21(13-17)23-15-30-24(16-29(23)33-27)22-14-18(10-12-28(22)34-30)32-25-7-3-1-5-19(25)20-6-2-4-8-26(20)32;2*1-2/h1-16H;2*1-2H3. The molecule has 3 aromatic heterocycles. The lowest BCUT2D eigenvalue weighted by atomic mass is 10.1. The number of rotatable bonds is 1. The smallest absolute Gasteiger partial charge is 0.136 e. The van der Waals surface area contributed by atoms with Gasteiger partial charge in [0.15, 0.2) is 0 Å². The Hall–Kier alpha value is -4.02. The third kappa shape index (κ3) is 3.63. The number of furan rings is 2. The fourth-order valence-electron chi connectivity index (χ4n) is 5.35. The van der Waals surface area contributed by atoms with E-state index in [0.29, 0.717) is 0 Å². The molecule has 188 valence electrons. The number of fused-ring (bicyclic) bond motifs is 9. The Morgan fingerprint density at radius 3 is 1.53 bits per heavy atom. The second kappa shape index (κ2) is 9.70. The summed E-state index contributed by atoms with van der Waals surface area (Å²) in [5, 5.41) is 6.79. The van der Waals surface area contributed by atoms with Gasteiger partial charge in [-0.1, -0.05) is 80.0 Å². The lowest BCUT2D eigenvalue weighted by molar-refractivity contribution is 0.664. The predicted octanol–water partition coefficient (Wildman–Crippen LogP) is 11.4. The van der Waals surface area contributed by atoms with Gasteiger partial charge in [-0.15, -0.1) is 0 Å². The second-order valence-corrected chi connectivity index (χ2v) is 9.65. The van der Waals surface area contributed by atoms with Crippen molar-refractivity contribution in [3.05, 3.63) is 102 Å². The summed E-state index contributed by atoms with van der Waals surface area (Å²) in [5.41, 5.74) is 6.98. The Morgan fingerprint density at radius 1 is 0.474 bits per heavy atom. The van der Waals surface area contributed by atoms with Crippen LogP contribution in [0.5, 0.6) is 0 Å². The van der Waals surface area contributed by atoms with Crippen LogP contribution in [0, 0.1) is 0 Å². The summed E-state index contributed by atoms with van der Waals surface area (Å²) in [7, 11) is 0. The summed E-state index contributed by atoms with van der Waals surface area (Å²) in [6, 6.07) is 33.9. The minimum atomic E-state index is 0.865. The van der Waals surface area contributed by atoms with Crippen molar-refractivity contribution < 1.29 is 8.83 Å². The van der Waals surface area contributed by atoms with E-state index in [4.69, 9.17) is 8.83 Å². The highest BCUT2D eigenvalue weighted by Gasteiger charge is 2.16. The Balaban J connectivity index is 0.000000633. The maximum absolute atomic E-state index is 6.29. The Kier molecular flexibility index (Phi) is 6.21. The average Bonchev–Trinajstić information content (AvgIpc) is 3.62. The molecule has 0 N–H and O–H groups in total. The Bertz CT molecular complexity index is 2040. The molecule has 0 saturated carbocycles. The molecule has 8 aromatic rings. The van der Waals surface area contributed by atoms with E-state index >= 15 is 0 Å². The highest BCUT2D eigenvalue weighted by Crippen LogP contribution is 2.39. The van der Waals surface area contributed by atoms with Crippen LogP contribution in [-0.4, -0.2) is 4.57 Å². The number of nitrogens with zero attached hydrogens (tertiary/aromatic N) is 1. The average molecular weight is 563 g/mol. The lowest BCUT2D eigenvalue weighted by Gasteiger charge is -2.07. The third-order valence-corrected chi connectivity index (χ3v) is 7.34. The molecule has 8 rings (SSSR count). The summed E-state index contributed by atoms with van der Waals surface area (Å²) in [4.78, 5) is 0. The fourth-order valence-corrected chi connectivity index (χ4v) is 5.71. The van der Waals surface area contributed by atoms with Gasteiger partial charge < -0.3 is 13.4 Å². The van der Waals surface area contributed by atoms with Crippen LogP contribution in [0.25, 0.3) is 71.4 Å². The van der Waals surface area contributed by atoms with Gasteiger partial charge in [-0.3, -0.25) is 0 Å². The van der Waals surface area contributed by atoms with Gasteiger partial charge >= 0.3 is 0 Å². The number of hydrogen-bond acceptors (Lipinski definition) is 2. The van der Waals surface area contributed by atoms with Gasteiger partial charge in [0.25, 0.3) is 0 Å². The summed E-state index contributed by atoms with van der Waals surface area (Å²) in [5.74, 6) is 0. The van der Waals surface area contributed by atoms with E-state index in [0.717, 1.165) is 54.0 Å². The van der Waals surface area contributed by atoms with E-state index in [1.54, 1.807) is 0 Å². The van der Waals surface area contributed by atoms with Crippen LogP contribution in [0.3, 0.4) is 0 Å². The number of aromatic nitrogens is 1. The van der Waals surface area contributed by atoms with E-state index in [9.17, 15) is 0 Å². The van der Waals surface area contributed by atoms with Gasteiger partial charge in [0.05, 0.1) is 11.0 Å². The maximum atomic E-state index is 6.29. The van der Waals surface area contributed by atoms with E-state index in [-0.39, 0.29) is 0 Å². The van der Waals surface area contributed by atoms with Crippen molar-refractivity contribution >= 4 is 81.6 Å². The molecule has 0 amide bonds. The maximum Gasteiger partial charge on any atom is 0.136 e. The van der Waals surface area contributed by atoms with Gasteiger partial charge in [0.2, 0.25) is 0 Å². The minimum absolute atomic E-state index is 0.865. The first-order chi connectivity index (χ1) is 18.7. The van der Waals surface area contributed by atoms with Crippen LogP contribution in [0.15, 0.2) is 110 Å². The zero-order chi connectivity index (χ0) is 26.4. The molecule has 3 nitrogen and oxygen atoms in total. The van der Waals surface area contributed by atoms with Gasteiger partial charge in [0, 0.05) is 42.5 Å². The van der Waals surface area contributed by atoms with Crippen molar-refractivity contribution in [2.75, 3.05) is 0 Å². The molecule has 0 atom stereocenters. The van der Waals surface area contributed by atoms with E-state index in [2.05, 4.69) is 105 Å². The summed E-state index contributed by atoms with van der Waals surface area (Å²) in [6.45, 7) is 8.00. The highest BCUT2D eigenvalue weighted by atomic mass is 79.9. The van der Waals surface area contributed by atoms with Gasteiger partial charge in [-0.2, -0.15) is 0 Å². The predicted molar refractivity (Wildman–Crippen MR) is 166 cm³/mol. The van der Waals surface area contributed by atoms with Crippen LogP contribution in [0.4, 0.5) is 0 Å². The number of benzene rings is 5. The number of hydrogen-bond donors (Lipinski definition) is 0. The topological polar surface area (TPSA) is 31.2 Å². The van der Waals surface area contributed by atoms with E-state index < -0.39 is 0 Å². The molecule has 38 heavy (non-hydrogen) atoms. The molecule has 0 aliphatic rings. The molecule has 3 heterocycles. The monoisotopic (exact) mass is 561 g/mol. The first kappa shape index (κ1) is 24.3. The molecule has 4 heteroatoms. The minimum Gasteiger partial charge on any atom is -0.456 e. The van der Waals surface area contributed by atoms with Crippen molar-refractivity contribution in [1.82, 2.24) is 4.57 Å². The van der Waals surface area contributed by atoms with Crippen LogP contribution in [0.2, 0.25) is 0 Å². The molecular weight excluding hydrogens is 534 g/mol. The van der Waals surface area contributed by atoms with E-state index in [1.807, 2.05) is 39.8 Å².